The Hall–Kier alpha value is -3.79. The van der Waals surface area contributed by atoms with Crippen molar-refractivity contribution in [1.82, 2.24) is 24.4 Å². The number of aromatic nitrogens is 4. The Morgan fingerprint density at radius 2 is 1.97 bits per heavy atom. The molecule has 1 atom stereocenters. The van der Waals surface area contributed by atoms with Crippen molar-refractivity contribution in [3.05, 3.63) is 60.3 Å². The van der Waals surface area contributed by atoms with E-state index in [0.29, 0.717) is 50.7 Å². The van der Waals surface area contributed by atoms with Crippen LogP contribution in [0.5, 0.6) is 0 Å². The third-order valence-electron chi connectivity index (χ3n) is 6.03. The molecule has 1 aliphatic rings. The van der Waals surface area contributed by atoms with E-state index in [0.717, 1.165) is 17.1 Å². The average molecular weight is 478 g/mol. The van der Waals surface area contributed by atoms with Crippen LogP contribution in [-0.4, -0.2) is 67.1 Å². The van der Waals surface area contributed by atoms with Crippen molar-refractivity contribution in [3.8, 4) is 5.82 Å². The fourth-order valence-corrected chi connectivity index (χ4v) is 4.12. The second-order valence-electron chi connectivity index (χ2n) is 8.83. The van der Waals surface area contributed by atoms with E-state index in [1.54, 1.807) is 37.2 Å². The summed E-state index contributed by atoms with van der Waals surface area (Å²) in [7, 11) is 0. The second-order valence-corrected chi connectivity index (χ2v) is 8.83. The van der Waals surface area contributed by atoms with Gasteiger partial charge >= 0.3 is 0 Å². The molecule has 3 N–H and O–H groups in total. The molecule has 1 aromatic carbocycles. The van der Waals surface area contributed by atoms with Gasteiger partial charge in [0.25, 0.3) is 0 Å². The summed E-state index contributed by atoms with van der Waals surface area (Å²) in [6, 6.07) is 9.54. The Morgan fingerprint density at radius 3 is 2.71 bits per heavy atom. The minimum atomic E-state index is -0.507. The Morgan fingerprint density at radius 1 is 1.17 bits per heavy atom. The highest BCUT2D eigenvalue weighted by atomic mass is 16.3. The summed E-state index contributed by atoms with van der Waals surface area (Å²) in [6.45, 7) is 4.85. The molecule has 10 nitrogen and oxygen atoms in total. The lowest BCUT2D eigenvalue weighted by atomic mass is 9.95. The van der Waals surface area contributed by atoms with Crippen LogP contribution in [0.1, 0.15) is 38.1 Å². The minimum absolute atomic E-state index is 0.00920. The quantitative estimate of drug-likeness (QED) is 0.454. The number of nitrogens with zero attached hydrogens (tertiary/aromatic N) is 5. The standard InChI is InChI=1S/C25H31N7O3/c1-17(33)16-28-25-27-9-6-22(30-25)32-13-10-26-23(32)15-19-4-3-5-21(14-19)29-24(35)20-7-11-31(12-8-20)18(2)34/h3-6,9-10,13-14,17,20,33H,7-8,11-12,15-16H2,1-2H3,(H,29,35)(H,27,28,30)/t17-/m0/s1. The van der Waals surface area contributed by atoms with Crippen LogP contribution in [0.15, 0.2) is 48.9 Å². The third kappa shape index (κ3) is 6.42. The smallest absolute Gasteiger partial charge is 0.227 e. The van der Waals surface area contributed by atoms with Crippen LogP contribution < -0.4 is 10.6 Å². The third-order valence-corrected chi connectivity index (χ3v) is 6.03. The van der Waals surface area contributed by atoms with Crippen molar-refractivity contribution in [2.45, 2.75) is 39.2 Å². The Labute approximate surface area is 204 Å². The molecule has 0 bridgehead atoms. The maximum Gasteiger partial charge on any atom is 0.227 e. The van der Waals surface area contributed by atoms with Gasteiger partial charge < -0.3 is 20.6 Å². The van der Waals surface area contributed by atoms with Gasteiger partial charge in [-0.05, 0) is 43.5 Å². The number of carbonyl (C=O) groups excluding carboxylic acids is 2. The van der Waals surface area contributed by atoms with Gasteiger partial charge in [-0.15, -0.1) is 0 Å². The van der Waals surface area contributed by atoms with E-state index in [2.05, 4.69) is 25.6 Å². The van der Waals surface area contributed by atoms with E-state index in [-0.39, 0.29) is 17.7 Å². The van der Waals surface area contributed by atoms with Crippen LogP contribution in [0.2, 0.25) is 0 Å². The van der Waals surface area contributed by atoms with Crippen molar-refractivity contribution < 1.29 is 14.7 Å². The molecular formula is C25H31N7O3. The largest absolute Gasteiger partial charge is 0.392 e. The number of nitrogens with one attached hydrogen (secondary N) is 2. The molecule has 1 aliphatic heterocycles. The predicted octanol–water partition coefficient (Wildman–Crippen LogP) is 2.24. The van der Waals surface area contributed by atoms with Crippen molar-refractivity contribution in [1.29, 1.82) is 0 Å². The number of rotatable bonds is 8. The van der Waals surface area contributed by atoms with Crippen molar-refractivity contribution in [3.63, 3.8) is 0 Å². The number of imidazole rings is 1. The molecule has 10 heteroatoms. The first-order valence-electron chi connectivity index (χ1n) is 11.8. The van der Waals surface area contributed by atoms with Gasteiger partial charge in [0.2, 0.25) is 17.8 Å². The Kier molecular flexibility index (Phi) is 7.71. The van der Waals surface area contributed by atoms with Crippen LogP contribution in [0, 0.1) is 5.92 Å². The second kappa shape index (κ2) is 11.1. The monoisotopic (exact) mass is 477 g/mol. The average Bonchev–Trinajstić information content (AvgIpc) is 3.31. The Bertz CT molecular complexity index is 1170. The van der Waals surface area contributed by atoms with Crippen LogP contribution in [0.4, 0.5) is 11.6 Å². The number of anilines is 2. The summed E-state index contributed by atoms with van der Waals surface area (Å²) in [6.07, 6.45) is 6.62. The van der Waals surface area contributed by atoms with Crippen LogP contribution in [-0.2, 0) is 16.0 Å². The molecule has 1 saturated heterocycles. The first kappa shape index (κ1) is 24.3. The number of aliphatic hydroxyl groups is 1. The lowest BCUT2D eigenvalue weighted by Crippen LogP contribution is -2.40. The van der Waals surface area contributed by atoms with E-state index >= 15 is 0 Å². The van der Waals surface area contributed by atoms with E-state index in [1.165, 1.54) is 0 Å². The number of piperidine rings is 1. The maximum atomic E-state index is 12.8. The highest BCUT2D eigenvalue weighted by Crippen LogP contribution is 2.21. The molecule has 0 aliphatic carbocycles. The molecule has 2 aromatic heterocycles. The maximum absolute atomic E-state index is 12.8. The molecule has 0 unspecified atom stereocenters. The number of hydrogen-bond acceptors (Lipinski definition) is 7. The van der Waals surface area contributed by atoms with E-state index in [9.17, 15) is 14.7 Å². The molecule has 2 amide bonds. The molecule has 3 heterocycles. The number of likely N-dealkylation sites (tertiary alicyclic amines) is 1. The zero-order valence-corrected chi connectivity index (χ0v) is 20.0. The first-order valence-corrected chi connectivity index (χ1v) is 11.8. The van der Waals surface area contributed by atoms with Crippen LogP contribution >= 0.6 is 0 Å². The lowest BCUT2D eigenvalue weighted by Gasteiger charge is -2.30. The van der Waals surface area contributed by atoms with E-state index in [4.69, 9.17) is 0 Å². The topological polar surface area (TPSA) is 125 Å². The van der Waals surface area contributed by atoms with E-state index in [1.807, 2.05) is 35.0 Å². The highest BCUT2D eigenvalue weighted by Gasteiger charge is 2.26. The number of carbonyl (C=O) groups is 2. The van der Waals surface area contributed by atoms with Crippen molar-refractivity contribution in [2.24, 2.45) is 5.92 Å². The van der Waals surface area contributed by atoms with Gasteiger partial charge in [0, 0.05) is 63.2 Å². The fraction of sp³-hybridized carbons (Fsp3) is 0.400. The summed E-state index contributed by atoms with van der Waals surface area (Å²) in [5.74, 6) is 1.85. The zero-order chi connectivity index (χ0) is 24.8. The van der Waals surface area contributed by atoms with Crippen molar-refractivity contribution >= 4 is 23.5 Å². The van der Waals surface area contributed by atoms with Gasteiger partial charge in [-0.2, -0.15) is 4.98 Å². The van der Waals surface area contributed by atoms with Gasteiger partial charge in [-0.25, -0.2) is 9.97 Å². The molecule has 4 rings (SSSR count). The van der Waals surface area contributed by atoms with Gasteiger partial charge in [0.1, 0.15) is 11.6 Å². The van der Waals surface area contributed by atoms with Crippen molar-refractivity contribution in [2.75, 3.05) is 30.3 Å². The SMILES string of the molecule is CC(=O)N1CCC(C(=O)Nc2cccc(Cc3nccn3-c3ccnc(NC[C@H](C)O)n3)c2)CC1. The van der Waals surface area contributed by atoms with Gasteiger partial charge in [-0.1, -0.05) is 12.1 Å². The fourth-order valence-electron chi connectivity index (χ4n) is 4.12. The highest BCUT2D eigenvalue weighted by molar-refractivity contribution is 5.92. The number of benzene rings is 1. The molecular weight excluding hydrogens is 446 g/mol. The molecule has 3 aromatic rings. The number of amides is 2. The minimum Gasteiger partial charge on any atom is -0.392 e. The number of aliphatic hydroxyl groups excluding tert-OH is 1. The predicted molar refractivity (Wildman–Crippen MR) is 132 cm³/mol. The number of hydrogen-bond donors (Lipinski definition) is 3. The summed E-state index contributed by atoms with van der Waals surface area (Å²) in [5, 5.41) is 15.5. The summed E-state index contributed by atoms with van der Waals surface area (Å²) >= 11 is 0. The normalized spacial score (nSPS) is 15.0. The Balaban J connectivity index is 1.41. The molecule has 184 valence electrons. The van der Waals surface area contributed by atoms with Crippen LogP contribution in [0.3, 0.4) is 0 Å². The zero-order valence-electron chi connectivity index (χ0n) is 20.0. The van der Waals surface area contributed by atoms with Crippen LogP contribution in [0.25, 0.3) is 5.82 Å². The van der Waals surface area contributed by atoms with Gasteiger partial charge in [-0.3, -0.25) is 14.2 Å². The molecule has 0 radical (unpaired) electrons. The molecule has 1 fully saturated rings. The molecule has 0 spiro atoms. The summed E-state index contributed by atoms with van der Waals surface area (Å²) < 4.78 is 1.89. The molecule has 0 saturated carbocycles. The van der Waals surface area contributed by atoms with E-state index < -0.39 is 6.10 Å². The summed E-state index contributed by atoms with van der Waals surface area (Å²) in [5.41, 5.74) is 1.74. The van der Waals surface area contributed by atoms with Gasteiger partial charge in [0.15, 0.2) is 0 Å². The first-order chi connectivity index (χ1) is 16.9. The molecule has 35 heavy (non-hydrogen) atoms. The lowest BCUT2D eigenvalue weighted by molar-refractivity contribution is -0.132. The van der Waals surface area contributed by atoms with Gasteiger partial charge in [0.05, 0.1) is 6.10 Å². The summed E-state index contributed by atoms with van der Waals surface area (Å²) in [4.78, 5) is 39.3.